The van der Waals surface area contributed by atoms with Crippen LogP contribution in [0.5, 0.6) is 5.75 Å². The van der Waals surface area contributed by atoms with Crippen LogP contribution in [-0.4, -0.2) is 30.1 Å². The number of nitrogens with one attached hydrogen (secondary N) is 2. The molecule has 7 nitrogen and oxygen atoms in total. The highest BCUT2D eigenvalue weighted by molar-refractivity contribution is 6.23. The van der Waals surface area contributed by atoms with E-state index in [0.717, 1.165) is 78.1 Å². The second-order valence-electron chi connectivity index (χ2n) is 9.20. The van der Waals surface area contributed by atoms with Gasteiger partial charge in [-0.3, -0.25) is 5.10 Å². The fraction of sp³-hybridized carbons (Fsp3) is 0.185. The topological polar surface area (TPSA) is 92.4 Å². The second kappa shape index (κ2) is 6.87. The monoisotopic (exact) mass is 446 g/mol. The van der Waals surface area contributed by atoms with E-state index in [1.165, 1.54) is 0 Å². The molecule has 0 atom stereocenters. The van der Waals surface area contributed by atoms with E-state index in [9.17, 15) is 0 Å². The van der Waals surface area contributed by atoms with E-state index in [1.807, 2.05) is 19.3 Å². The lowest BCUT2D eigenvalue weighted by atomic mass is 9.95. The molecule has 3 aromatic heterocycles. The summed E-state index contributed by atoms with van der Waals surface area (Å²) in [5.41, 5.74) is 7.09. The summed E-state index contributed by atoms with van der Waals surface area (Å²) in [6, 6.07) is 12.9. The number of aryl methyl sites for hydroxylation is 1. The molecule has 0 bridgehead atoms. The average molecular weight is 447 g/mol. The molecule has 2 N–H and O–H groups in total. The van der Waals surface area contributed by atoms with Gasteiger partial charge in [-0.2, -0.15) is 5.10 Å². The first-order valence-corrected chi connectivity index (χ1v) is 11.5. The molecule has 1 aliphatic rings. The summed E-state index contributed by atoms with van der Waals surface area (Å²) >= 11 is 0. The fourth-order valence-corrected chi connectivity index (χ4v) is 4.94. The summed E-state index contributed by atoms with van der Waals surface area (Å²) in [7, 11) is 0. The van der Waals surface area contributed by atoms with E-state index >= 15 is 0 Å². The Labute approximate surface area is 195 Å². The lowest BCUT2D eigenvalue weighted by Gasteiger charge is -2.18. The number of H-pyrrole nitrogens is 2. The first-order chi connectivity index (χ1) is 16.6. The fourth-order valence-electron chi connectivity index (χ4n) is 4.94. The van der Waals surface area contributed by atoms with Crippen LogP contribution in [-0.2, 0) is 6.61 Å². The Kier molecular flexibility index (Phi) is 3.89. The number of fused-ring (bicyclic) bond motifs is 9. The van der Waals surface area contributed by atoms with Crippen molar-refractivity contribution in [2.24, 2.45) is 0 Å². The Morgan fingerprint density at radius 1 is 0.882 bits per heavy atom. The van der Waals surface area contributed by atoms with Crippen LogP contribution in [0, 0.1) is 6.92 Å². The van der Waals surface area contributed by atoms with Crippen molar-refractivity contribution in [3.05, 3.63) is 66.1 Å². The predicted octanol–water partition coefficient (Wildman–Crippen LogP) is 6.04. The zero-order valence-electron chi connectivity index (χ0n) is 19.1. The number of benzene rings is 3. The van der Waals surface area contributed by atoms with E-state index in [4.69, 9.17) is 14.7 Å². The summed E-state index contributed by atoms with van der Waals surface area (Å²) in [6.45, 7) is 6.71. The van der Waals surface area contributed by atoms with Crippen LogP contribution in [0.1, 0.15) is 37.1 Å². The Bertz CT molecular complexity index is 1760. The normalized spacial score (nSPS) is 12.9. The summed E-state index contributed by atoms with van der Waals surface area (Å²) in [4.78, 5) is 17.7. The molecule has 0 spiro atoms. The third kappa shape index (κ3) is 2.70. The molecule has 4 heterocycles. The van der Waals surface area contributed by atoms with Gasteiger partial charge in [-0.25, -0.2) is 15.0 Å². The first-order valence-electron chi connectivity index (χ1n) is 11.5. The summed E-state index contributed by atoms with van der Waals surface area (Å²) < 4.78 is 6.06. The molecule has 0 amide bonds. The molecule has 0 unspecified atom stereocenters. The molecule has 34 heavy (non-hydrogen) atoms. The molecule has 0 aliphatic carbocycles. The Morgan fingerprint density at radius 2 is 1.68 bits per heavy atom. The van der Waals surface area contributed by atoms with Gasteiger partial charge in [0.1, 0.15) is 29.5 Å². The summed E-state index contributed by atoms with van der Waals surface area (Å²) in [6.07, 6.45) is 3.79. The van der Waals surface area contributed by atoms with Crippen LogP contribution in [0.2, 0.25) is 0 Å². The molecule has 7 rings (SSSR count). The maximum Gasteiger partial charge on any atom is 0.132 e. The summed E-state index contributed by atoms with van der Waals surface area (Å²) in [5.74, 6) is 2.88. The quantitative estimate of drug-likeness (QED) is 0.316. The number of hydrogen-bond acceptors (Lipinski definition) is 5. The van der Waals surface area contributed by atoms with Crippen LogP contribution in [0.25, 0.3) is 55.0 Å². The maximum atomic E-state index is 6.06. The van der Waals surface area contributed by atoms with Gasteiger partial charge in [0.2, 0.25) is 0 Å². The molecular weight excluding hydrogens is 424 g/mol. The lowest BCUT2D eigenvalue weighted by molar-refractivity contribution is 0.298. The van der Waals surface area contributed by atoms with Gasteiger partial charge in [0.05, 0.1) is 23.1 Å². The van der Waals surface area contributed by atoms with Crippen molar-refractivity contribution in [1.29, 1.82) is 0 Å². The zero-order valence-corrected chi connectivity index (χ0v) is 19.1. The van der Waals surface area contributed by atoms with Crippen LogP contribution in [0.15, 0.2) is 48.8 Å². The van der Waals surface area contributed by atoms with Crippen molar-refractivity contribution in [3.63, 3.8) is 0 Å². The summed E-state index contributed by atoms with van der Waals surface area (Å²) in [5, 5.41) is 11.6. The van der Waals surface area contributed by atoms with Crippen molar-refractivity contribution in [1.82, 2.24) is 30.1 Å². The number of ether oxygens (including phenoxy) is 1. The third-order valence-electron chi connectivity index (χ3n) is 6.62. The molecule has 0 radical (unpaired) electrons. The number of rotatable bonds is 2. The van der Waals surface area contributed by atoms with Gasteiger partial charge >= 0.3 is 0 Å². The zero-order chi connectivity index (χ0) is 23.0. The van der Waals surface area contributed by atoms with E-state index in [1.54, 1.807) is 0 Å². The van der Waals surface area contributed by atoms with Crippen molar-refractivity contribution in [2.45, 2.75) is 33.3 Å². The molecule has 0 saturated heterocycles. The van der Waals surface area contributed by atoms with Gasteiger partial charge in [0.15, 0.2) is 0 Å². The van der Waals surface area contributed by atoms with E-state index in [0.29, 0.717) is 6.61 Å². The van der Waals surface area contributed by atoms with Crippen LogP contribution in [0.4, 0.5) is 0 Å². The predicted molar refractivity (Wildman–Crippen MR) is 133 cm³/mol. The van der Waals surface area contributed by atoms with Crippen LogP contribution < -0.4 is 4.74 Å². The van der Waals surface area contributed by atoms with Gasteiger partial charge in [-0.05, 0) is 41.6 Å². The van der Waals surface area contributed by atoms with Gasteiger partial charge in [-0.1, -0.05) is 32.0 Å². The molecule has 7 heteroatoms. The number of aromatic nitrogens is 6. The second-order valence-corrected chi connectivity index (χ2v) is 9.20. The number of hydrogen-bond donors (Lipinski definition) is 2. The lowest BCUT2D eigenvalue weighted by Crippen LogP contribution is -2.05. The van der Waals surface area contributed by atoms with E-state index in [-0.39, 0.29) is 5.92 Å². The van der Waals surface area contributed by atoms with Gasteiger partial charge < -0.3 is 9.72 Å². The standard InChI is InChI=1S/C27H22N6O/c1-13(2)27-32-25-17-6-4-15(8-19(17)20-10-28-29-11-21(20)26(25)33-27)16-5-7-18-23(9-16)34-12-22-24(18)31-14(3)30-22/h4-11,13,28H,12H2,1-3H3,(H,30,31). The van der Waals surface area contributed by atoms with Crippen LogP contribution >= 0.6 is 0 Å². The Morgan fingerprint density at radius 3 is 2.53 bits per heavy atom. The third-order valence-corrected chi connectivity index (χ3v) is 6.62. The smallest absolute Gasteiger partial charge is 0.132 e. The Balaban J connectivity index is 1.44. The van der Waals surface area contributed by atoms with Gasteiger partial charge in [0.25, 0.3) is 0 Å². The van der Waals surface area contributed by atoms with Crippen molar-refractivity contribution in [2.75, 3.05) is 0 Å². The van der Waals surface area contributed by atoms with Crippen LogP contribution in [0.3, 0.4) is 0 Å². The van der Waals surface area contributed by atoms with Crippen molar-refractivity contribution in [3.8, 4) is 28.1 Å². The molecule has 6 aromatic rings. The largest absolute Gasteiger partial charge is 0.487 e. The Hall–Kier alpha value is -4.26. The highest BCUT2D eigenvalue weighted by Gasteiger charge is 2.22. The first kappa shape index (κ1) is 19.2. The minimum Gasteiger partial charge on any atom is -0.487 e. The molecule has 166 valence electrons. The maximum absolute atomic E-state index is 6.06. The van der Waals surface area contributed by atoms with E-state index < -0.39 is 0 Å². The number of nitrogens with zero attached hydrogens (tertiary/aromatic N) is 4. The molecule has 0 fully saturated rings. The highest BCUT2D eigenvalue weighted by atomic mass is 16.5. The number of aromatic amines is 2. The minimum absolute atomic E-state index is 0.259. The minimum atomic E-state index is 0.259. The SMILES string of the molecule is Cc1nc2c([nH]1)COc1cc(-c3ccc4c(c3)c3c[nH]ncc3c3nc(C(C)C)nc43)ccc1-2. The average Bonchev–Trinajstić information content (AvgIpc) is 3.47. The molecule has 3 aromatic carbocycles. The van der Waals surface area contributed by atoms with Gasteiger partial charge in [0, 0.05) is 33.8 Å². The highest BCUT2D eigenvalue weighted by Crippen LogP contribution is 2.40. The van der Waals surface area contributed by atoms with Crippen molar-refractivity contribution >= 4 is 32.6 Å². The molecular formula is C27H22N6O. The molecule has 1 aliphatic heterocycles. The number of imidazole rings is 2. The van der Waals surface area contributed by atoms with Gasteiger partial charge in [-0.15, -0.1) is 0 Å². The van der Waals surface area contributed by atoms with Crippen molar-refractivity contribution < 1.29 is 4.74 Å². The molecule has 0 saturated carbocycles. The van der Waals surface area contributed by atoms with E-state index in [2.05, 4.69) is 70.4 Å².